The number of rotatable bonds is 10. The summed E-state index contributed by atoms with van der Waals surface area (Å²) in [5, 5.41) is 5.66. The summed E-state index contributed by atoms with van der Waals surface area (Å²) in [6.45, 7) is 0.863. The zero-order chi connectivity index (χ0) is 30.3. The summed E-state index contributed by atoms with van der Waals surface area (Å²) in [7, 11) is 2.98. The van der Waals surface area contributed by atoms with Crippen molar-refractivity contribution in [3.05, 3.63) is 52.5 Å². The van der Waals surface area contributed by atoms with E-state index in [4.69, 9.17) is 14.2 Å². The number of anilines is 2. The first-order chi connectivity index (χ1) is 20.9. The van der Waals surface area contributed by atoms with Crippen LogP contribution in [0.15, 0.2) is 46.9 Å². The summed E-state index contributed by atoms with van der Waals surface area (Å²) in [5.41, 5.74) is 1.94. The van der Waals surface area contributed by atoms with Crippen molar-refractivity contribution in [1.82, 2.24) is 4.90 Å². The van der Waals surface area contributed by atoms with E-state index in [1.165, 1.54) is 26.4 Å². The van der Waals surface area contributed by atoms with E-state index < -0.39 is 12.3 Å². The molecule has 2 saturated carbocycles. The first-order valence-electron chi connectivity index (χ1n) is 15.4. The summed E-state index contributed by atoms with van der Waals surface area (Å²) in [6.07, 6.45) is 8.26. The lowest BCUT2D eigenvalue weighted by molar-refractivity contribution is -0.162. The summed E-state index contributed by atoms with van der Waals surface area (Å²) in [6, 6.07) is 12.7. The molecule has 43 heavy (non-hydrogen) atoms. The van der Waals surface area contributed by atoms with Crippen LogP contribution in [0.3, 0.4) is 0 Å². The van der Waals surface area contributed by atoms with Crippen molar-refractivity contribution in [2.75, 3.05) is 31.4 Å². The number of fused-ring (bicyclic) bond motifs is 1. The summed E-state index contributed by atoms with van der Waals surface area (Å²) < 4.78 is 18.0. The number of benzene rings is 2. The lowest BCUT2D eigenvalue weighted by Gasteiger charge is -2.38. The summed E-state index contributed by atoms with van der Waals surface area (Å²) in [5.74, 6) is 0.864. The molecule has 2 aliphatic carbocycles. The van der Waals surface area contributed by atoms with E-state index in [1.54, 1.807) is 25.3 Å². The largest absolute Gasteiger partial charge is 0.495 e. The number of carbonyl (C=O) groups excluding carboxylic acids is 3. The van der Waals surface area contributed by atoms with Gasteiger partial charge < -0.3 is 24.8 Å². The molecule has 0 bridgehead atoms. The number of hydrogen-bond acceptors (Lipinski definition) is 7. The van der Waals surface area contributed by atoms with Crippen molar-refractivity contribution in [1.29, 1.82) is 0 Å². The molecule has 1 saturated heterocycles. The minimum absolute atomic E-state index is 0.0238. The van der Waals surface area contributed by atoms with Gasteiger partial charge in [-0.15, -0.1) is 0 Å². The fraction of sp³-hybridized carbons (Fsp3) is 0.545. The number of esters is 1. The molecular weight excluding hydrogens is 614 g/mol. The Hall–Kier alpha value is -2.95. The molecule has 2 aromatic carbocycles. The molecule has 10 heteroatoms. The molecule has 9 nitrogen and oxygen atoms in total. The number of ether oxygens (including phenoxy) is 3. The smallest absolute Gasteiger partial charge is 0.323 e. The quantitative estimate of drug-likeness (QED) is 0.280. The van der Waals surface area contributed by atoms with Crippen molar-refractivity contribution in [2.24, 2.45) is 11.8 Å². The van der Waals surface area contributed by atoms with Gasteiger partial charge in [-0.3, -0.25) is 14.5 Å². The third-order valence-corrected chi connectivity index (χ3v) is 9.87. The molecule has 1 unspecified atom stereocenters. The fourth-order valence-corrected chi connectivity index (χ4v) is 7.32. The Kier molecular flexibility index (Phi) is 10.7. The highest BCUT2D eigenvalue weighted by Crippen LogP contribution is 2.39. The van der Waals surface area contributed by atoms with E-state index in [0.29, 0.717) is 41.9 Å². The van der Waals surface area contributed by atoms with Gasteiger partial charge in [0.15, 0.2) is 12.0 Å². The third-order valence-electron chi connectivity index (χ3n) is 9.17. The van der Waals surface area contributed by atoms with Crippen LogP contribution < -0.4 is 15.4 Å². The van der Waals surface area contributed by atoms with Gasteiger partial charge in [0.05, 0.1) is 37.6 Å². The standard InChI is InChI=1S/C33H42BrN3O6/c1-41-30-20-21(11-16-27(30)36-33(40)35-26-9-5-4-8-25(26)34)19-29(38)31(37-18-17-22-7-3-6-10-28(22)37)43-24-14-12-23(13-15-24)32(39)42-2/h4-5,8-9,11,16,20,22-24,28,31H,3,6-7,10,12-15,17-19H2,1-2H3,(H2,35,36,40)/t22-,23?,24?,28-,31?/m1/s1. The maximum atomic E-state index is 14.0. The average Bonchev–Trinajstić information content (AvgIpc) is 3.45. The Bertz CT molecular complexity index is 1300. The topological polar surface area (TPSA) is 106 Å². The minimum atomic E-state index is -0.619. The van der Waals surface area contributed by atoms with Gasteiger partial charge >= 0.3 is 12.0 Å². The van der Waals surface area contributed by atoms with Crippen molar-refractivity contribution < 1.29 is 28.6 Å². The Morgan fingerprint density at radius 1 is 0.930 bits per heavy atom. The molecule has 0 aromatic heterocycles. The number of ketones is 1. The molecule has 2 aromatic rings. The molecule has 232 valence electrons. The van der Waals surface area contributed by atoms with Gasteiger partial charge in [-0.2, -0.15) is 0 Å². The second-order valence-electron chi connectivity index (χ2n) is 11.9. The molecule has 3 aliphatic rings. The number of nitrogens with zero attached hydrogens (tertiary/aromatic N) is 1. The van der Waals surface area contributed by atoms with Crippen molar-refractivity contribution >= 4 is 45.1 Å². The zero-order valence-electron chi connectivity index (χ0n) is 25.0. The van der Waals surface area contributed by atoms with Gasteiger partial charge in [0.2, 0.25) is 0 Å². The molecular formula is C33H42BrN3O6. The highest BCUT2D eigenvalue weighted by Gasteiger charge is 2.43. The highest BCUT2D eigenvalue weighted by molar-refractivity contribution is 9.10. The van der Waals surface area contributed by atoms with Gasteiger partial charge in [-0.05, 0) is 96.6 Å². The third kappa shape index (κ3) is 7.77. The van der Waals surface area contributed by atoms with Crippen LogP contribution in [0.2, 0.25) is 0 Å². The number of amides is 2. The van der Waals surface area contributed by atoms with E-state index in [2.05, 4.69) is 31.5 Å². The molecule has 1 aliphatic heterocycles. The summed E-state index contributed by atoms with van der Waals surface area (Å²) >= 11 is 3.44. The van der Waals surface area contributed by atoms with Gasteiger partial charge in [-0.25, -0.2) is 4.79 Å². The second kappa shape index (κ2) is 14.7. The van der Waals surface area contributed by atoms with E-state index in [1.807, 2.05) is 24.3 Å². The maximum absolute atomic E-state index is 14.0. The zero-order valence-corrected chi connectivity index (χ0v) is 26.6. The average molecular weight is 657 g/mol. The number of halogens is 1. The molecule has 0 radical (unpaired) electrons. The first-order valence-corrected chi connectivity index (χ1v) is 16.2. The van der Waals surface area contributed by atoms with Crippen LogP contribution in [0.5, 0.6) is 5.75 Å². The maximum Gasteiger partial charge on any atom is 0.323 e. The highest BCUT2D eigenvalue weighted by atomic mass is 79.9. The molecule has 0 spiro atoms. The van der Waals surface area contributed by atoms with Gasteiger partial charge in [0.25, 0.3) is 0 Å². The molecule has 5 rings (SSSR count). The lowest BCUT2D eigenvalue weighted by atomic mass is 9.85. The summed E-state index contributed by atoms with van der Waals surface area (Å²) in [4.78, 5) is 41.0. The number of para-hydroxylation sites is 1. The van der Waals surface area contributed by atoms with Gasteiger partial charge in [-0.1, -0.05) is 31.0 Å². The Morgan fingerprint density at radius 2 is 1.67 bits per heavy atom. The number of nitrogens with one attached hydrogen (secondary N) is 2. The molecule has 3 fully saturated rings. The van der Waals surface area contributed by atoms with E-state index >= 15 is 0 Å². The van der Waals surface area contributed by atoms with Gasteiger partial charge in [0.1, 0.15) is 5.75 Å². The van der Waals surface area contributed by atoms with Crippen LogP contribution >= 0.6 is 15.9 Å². The van der Waals surface area contributed by atoms with Crippen molar-refractivity contribution in [3.8, 4) is 5.75 Å². The van der Waals surface area contributed by atoms with Crippen LogP contribution in [-0.4, -0.2) is 61.8 Å². The Morgan fingerprint density at radius 3 is 2.42 bits per heavy atom. The first kappa shape index (κ1) is 31.5. The number of urea groups is 1. The number of Topliss-reactive ketones (excluding diaryl/α,β-unsaturated/α-hetero) is 1. The minimum Gasteiger partial charge on any atom is -0.495 e. The van der Waals surface area contributed by atoms with Crippen LogP contribution in [0, 0.1) is 11.8 Å². The molecule has 1 heterocycles. The van der Waals surface area contributed by atoms with Crippen LogP contribution in [0.1, 0.15) is 63.4 Å². The van der Waals surface area contributed by atoms with Crippen LogP contribution in [0.4, 0.5) is 16.2 Å². The Balaban J connectivity index is 1.27. The normalized spacial score (nSPS) is 24.4. The number of hydrogen-bond donors (Lipinski definition) is 2. The van der Waals surface area contributed by atoms with Gasteiger partial charge in [0, 0.05) is 23.5 Å². The van der Waals surface area contributed by atoms with Crippen molar-refractivity contribution in [3.63, 3.8) is 0 Å². The molecule has 2 N–H and O–H groups in total. The lowest BCUT2D eigenvalue weighted by Crippen LogP contribution is -2.50. The fourth-order valence-electron chi connectivity index (χ4n) is 6.93. The SMILES string of the molecule is COC(=O)C1CCC(OC(C(=O)Cc2ccc(NC(=O)Nc3ccccc3Br)c(OC)c2)N2CC[C@H]3CCCC[C@H]32)CC1. The molecule has 2 amide bonds. The number of likely N-dealkylation sites (tertiary alicyclic amines) is 1. The number of carbonyl (C=O) groups is 3. The van der Waals surface area contributed by atoms with E-state index in [0.717, 1.165) is 42.3 Å². The van der Waals surface area contributed by atoms with Crippen LogP contribution in [-0.2, 0) is 25.5 Å². The van der Waals surface area contributed by atoms with E-state index in [-0.39, 0.29) is 30.2 Å². The predicted octanol–water partition coefficient (Wildman–Crippen LogP) is 6.55. The van der Waals surface area contributed by atoms with Crippen LogP contribution in [0.25, 0.3) is 0 Å². The Labute approximate surface area is 262 Å². The van der Waals surface area contributed by atoms with Crippen molar-refractivity contribution in [2.45, 2.75) is 82.6 Å². The number of methoxy groups -OCH3 is 2. The monoisotopic (exact) mass is 655 g/mol. The molecule has 3 atom stereocenters. The second-order valence-corrected chi connectivity index (χ2v) is 12.7. The predicted molar refractivity (Wildman–Crippen MR) is 168 cm³/mol. The van der Waals surface area contributed by atoms with E-state index in [9.17, 15) is 14.4 Å².